The smallest absolute Gasteiger partial charge is 0.422 e. The first-order valence-electron chi connectivity index (χ1n) is 12.2. The minimum atomic E-state index is -4.46. The van der Waals surface area contributed by atoms with E-state index in [2.05, 4.69) is 23.2 Å². The highest BCUT2D eigenvalue weighted by atomic mass is 35.5. The quantitative estimate of drug-likeness (QED) is 0.329. The highest BCUT2D eigenvalue weighted by Gasteiger charge is 2.31. The molecule has 2 aromatic carbocycles. The maximum absolute atomic E-state index is 12.5. The van der Waals surface area contributed by atoms with Crippen LogP contribution in [0.5, 0.6) is 11.5 Å². The van der Waals surface area contributed by atoms with Gasteiger partial charge in [-0.15, -0.1) is 0 Å². The Morgan fingerprint density at radius 3 is 2.70 bits per heavy atom. The summed E-state index contributed by atoms with van der Waals surface area (Å²) in [5, 5.41) is 12.9. The van der Waals surface area contributed by atoms with Gasteiger partial charge in [0.2, 0.25) is 0 Å². The molecule has 7 nitrogen and oxygen atoms in total. The lowest BCUT2D eigenvalue weighted by Crippen LogP contribution is -2.33. The third-order valence-electron chi connectivity index (χ3n) is 6.10. The SMILES string of the molecule is CC(Cc1cc2c(c(C(N)=O)c1)N(CCCO)C(C)C2)NCCOc1cc(Cl)ccc1OCC(F)(F)F. The number of hydrogen-bond donors (Lipinski definition) is 3. The molecule has 2 atom stereocenters. The summed E-state index contributed by atoms with van der Waals surface area (Å²) in [6, 6.07) is 8.35. The Morgan fingerprint density at radius 2 is 2.03 bits per heavy atom. The zero-order valence-electron chi connectivity index (χ0n) is 20.9. The molecule has 0 spiro atoms. The molecule has 4 N–H and O–H groups in total. The number of fused-ring (bicyclic) bond motifs is 1. The Hall–Kier alpha value is -2.69. The molecule has 1 aliphatic rings. The molecule has 0 aliphatic carbocycles. The van der Waals surface area contributed by atoms with Gasteiger partial charge in [-0.25, -0.2) is 0 Å². The number of nitrogens with zero attached hydrogens (tertiary/aromatic N) is 1. The van der Waals surface area contributed by atoms with Gasteiger partial charge in [0.25, 0.3) is 5.91 Å². The summed E-state index contributed by atoms with van der Waals surface area (Å²) in [6.07, 6.45) is -2.42. The molecule has 11 heteroatoms. The summed E-state index contributed by atoms with van der Waals surface area (Å²) < 4.78 is 48.0. The molecular weight excluding hydrogens is 511 g/mol. The lowest BCUT2D eigenvalue weighted by atomic mass is 9.97. The van der Waals surface area contributed by atoms with Crippen LogP contribution in [0.1, 0.15) is 41.8 Å². The fraction of sp³-hybridized carbons (Fsp3) is 0.500. The lowest BCUT2D eigenvalue weighted by Gasteiger charge is -2.26. The number of alkyl halides is 3. The van der Waals surface area contributed by atoms with E-state index < -0.39 is 18.7 Å². The number of hydrogen-bond acceptors (Lipinski definition) is 6. The van der Waals surface area contributed by atoms with Gasteiger partial charge in [-0.2, -0.15) is 13.2 Å². The minimum absolute atomic E-state index is 0.0204. The van der Waals surface area contributed by atoms with Crippen molar-refractivity contribution in [1.82, 2.24) is 5.32 Å². The van der Waals surface area contributed by atoms with Gasteiger partial charge in [0.05, 0.1) is 11.3 Å². The number of carbonyl (C=O) groups is 1. The molecule has 37 heavy (non-hydrogen) atoms. The summed E-state index contributed by atoms with van der Waals surface area (Å²) in [5.74, 6) is -0.384. The van der Waals surface area contributed by atoms with Crippen LogP contribution in [0, 0.1) is 0 Å². The van der Waals surface area contributed by atoms with Crippen LogP contribution in [-0.4, -0.2) is 62.2 Å². The second-order valence-corrected chi connectivity index (χ2v) is 9.68. The molecule has 1 aliphatic heterocycles. The van der Waals surface area contributed by atoms with Crippen LogP contribution in [-0.2, 0) is 12.8 Å². The summed E-state index contributed by atoms with van der Waals surface area (Å²) in [5.41, 5.74) is 9.10. The summed E-state index contributed by atoms with van der Waals surface area (Å²) in [6.45, 7) is 3.99. The number of benzene rings is 2. The van der Waals surface area contributed by atoms with E-state index in [-0.39, 0.29) is 36.8 Å². The first-order valence-corrected chi connectivity index (χ1v) is 12.5. The predicted molar refractivity (Wildman–Crippen MR) is 137 cm³/mol. The third-order valence-corrected chi connectivity index (χ3v) is 6.33. The van der Waals surface area contributed by atoms with Crippen LogP contribution >= 0.6 is 11.6 Å². The van der Waals surface area contributed by atoms with E-state index in [0.717, 1.165) is 23.2 Å². The van der Waals surface area contributed by atoms with Crippen LogP contribution in [0.25, 0.3) is 0 Å². The van der Waals surface area contributed by atoms with Gasteiger partial charge in [0.1, 0.15) is 6.61 Å². The molecule has 3 rings (SSSR count). The molecule has 0 fully saturated rings. The molecule has 0 saturated carbocycles. The molecule has 204 valence electrons. The van der Waals surface area contributed by atoms with E-state index in [4.69, 9.17) is 26.8 Å². The third kappa shape index (κ3) is 8.15. The molecule has 0 radical (unpaired) electrons. The average molecular weight is 544 g/mol. The van der Waals surface area contributed by atoms with Crippen molar-refractivity contribution in [3.05, 3.63) is 52.0 Å². The van der Waals surface area contributed by atoms with Crippen LogP contribution in [0.4, 0.5) is 18.9 Å². The van der Waals surface area contributed by atoms with Gasteiger partial charge in [0, 0.05) is 42.9 Å². The molecule has 0 saturated heterocycles. The molecule has 2 unspecified atom stereocenters. The first-order chi connectivity index (χ1) is 17.5. The number of aliphatic hydroxyl groups excluding tert-OH is 1. The fourth-order valence-electron chi connectivity index (χ4n) is 4.55. The number of aliphatic hydroxyl groups is 1. The van der Waals surface area contributed by atoms with E-state index in [1.165, 1.54) is 18.2 Å². The van der Waals surface area contributed by atoms with Crippen LogP contribution < -0.4 is 25.4 Å². The van der Waals surface area contributed by atoms with Crippen LogP contribution in [0.3, 0.4) is 0 Å². The molecule has 0 aromatic heterocycles. The minimum Gasteiger partial charge on any atom is -0.488 e. The predicted octanol–water partition coefficient (Wildman–Crippen LogP) is 4.11. The molecule has 1 amide bonds. The van der Waals surface area contributed by atoms with Gasteiger partial charge in [0.15, 0.2) is 18.1 Å². The summed E-state index contributed by atoms with van der Waals surface area (Å²) in [7, 11) is 0. The van der Waals surface area contributed by atoms with E-state index in [9.17, 15) is 23.1 Å². The van der Waals surface area contributed by atoms with Crippen molar-refractivity contribution in [1.29, 1.82) is 0 Å². The Balaban J connectivity index is 1.58. The fourth-order valence-corrected chi connectivity index (χ4v) is 4.71. The molecule has 0 bridgehead atoms. The number of rotatable bonds is 13. The maximum atomic E-state index is 12.5. The normalized spacial score (nSPS) is 16.0. The zero-order chi connectivity index (χ0) is 27.2. The van der Waals surface area contributed by atoms with Gasteiger partial charge < -0.3 is 30.5 Å². The zero-order valence-corrected chi connectivity index (χ0v) is 21.7. The van der Waals surface area contributed by atoms with Crippen molar-refractivity contribution < 1.29 is 32.5 Å². The maximum Gasteiger partial charge on any atom is 0.422 e. The number of nitrogens with two attached hydrogens (primary N) is 1. The van der Waals surface area contributed by atoms with E-state index >= 15 is 0 Å². The van der Waals surface area contributed by atoms with Gasteiger partial charge in [-0.3, -0.25) is 4.79 Å². The van der Waals surface area contributed by atoms with Crippen molar-refractivity contribution in [2.75, 3.05) is 37.8 Å². The molecule has 1 heterocycles. The van der Waals surface area contributed by atoms with E-state index in [0.29, 0.717) is 36.5 Å². The highest BCUT2D eigenvalue weighted by Crippen LogP contribution is 2.37. The van der Waals surface area contributed by atoms with E-state index in [1.807, 2.05) is 13.0 Å². The lowest BCUT2D eigenvalue weighted by molar-refractivity contribution is -0.153. The Bertz CT molecular complexity index is 1080. The highest BCUT2D eigenvalue weighted by molar-refractivity contribution is 6.30. The number of carbonyl (C=O) groups excluding carboxylic acids is 1. The number of halogens is 4. The Labute approximate surface area is 219 Å². The number of primary amides is 1. The number of amides is 1. The average Bonchev–Trinajstić information content (AvgIpc) is 3.13. The monoisotopic (exact) mass is 543 g/mol. The van der Waals surface area contributed by atoms with Crippen molar-refractivity contribution in [2.24, 2.45) is 5.73 Å². The van der Waals surface area contributed by atoms with Gasteiger partial charge in [-0.1, -0.05) is 17.7 Å². The second kappa shape index (κ2) is 12.7. The van der Waals surface area contributed by atoms with Crippen molar-refractivity contribution >= 4 is 23.2 Å². The van der Waals surface area contributed by atoms with Gasteiger partial charge in [-0.05, 0) is 62.4 Å². The van der Waals surface area contributed by atoms with Crippen molar-refractivity contribution in [3.63, 3.8) is 0 Å². The number of anilines is 1. The summed E-state index contributed by atoms with van der Waals surface area (Å²) in [4.78, 5) is 14.4. The summed E-state index contributed by atoms with van der Waals surface area (Å²) >= 11 is 5.96. The van der Waals surface area contributed by atoms with Crippen LogP contribution in [0.2, 0.25) is 5.02 Å². The number of nitrogens with one attached hydrogen (secondary N) is 1. The number of ether oxygens (including phenoxy) is 2. The Morgan fingerprint density at radius 1 is 1.27 bits per heavy atom. The topological polar surface area (TPSA) is 97.1 Å². The first kappa shape index (κ1) is 28.9. The standard InChI is InChI=1S/C26H33ClF3N3O4/c1-16(32-6-9-36-23-14-20(27)4-5-22(23)37-15-26(28,29)30)10-18-12-19-11-17(2)33(7-3-8-34)24(19)21(13-18)25(31)35/h4-5,12-14,16-17,32,34H,3,6-11,15H2,1-2H3,(H2,31,35). The van der Waals surface area contributed by atoms with E-state index in [1.54, 1.807) is 0 Å². The van der Waals surface area contributed by atoms with Crippen molar-refractivity contribution in [2.45, 2.75) is 51.4 Å². The molecule has 2 aromatic rings. The second-order valence-electron chi connectivity index (χ2n) is 9.24. The molecular formula is C26H33ClF3N3O4. The van der Waals surface area contributed by atoms with Gasteiger partial charge >= 0.3 is 6.18 Å². The van der Waals surface area contributed by atoms with Crippen molar-refractivity contribution in [3.8, 4) is 11.5 Å². The Kier molecular flexibility index (Phi) is 9.92. The largest absolute Gasteiger partial charge is 0.488 e. The van der Waals surface area contributed by atoms with Crippen LogP contribution in [0.15, 0.2) is 30.3 Å².